The summed E-state index contributed by atoms with van der Waals surface area (Å²) >= 11 is 12.1. The summed E-state index contributed by atoms with van der Waals surface area (Å²) in [4.78, 5) is 27.7. The summed E-state index contributed by atoms with van der Waals surface area (Å²) < 4.78 is 10.6. The minimum Gasteiger partial charge on any atom is -0.508 e. The van der Waals surface area contributed by atoms with Crippen LogP contribution in [0.4, 0.5) is 0 Å². The van der Waals surface area contributed by atoms with E-state index in [0.717, 1.165) is 5.56 Å². The van der Waals surface area contributed by atoms with Gasteiger partial charge in [-0.3, -0.25) is 9.59 Å². The highest BCUT2D eigenvalue weighted by Crippen LogP contribution is 2.40. The van der Waals surface area contributed by atoms with Crippen LogP contribution in [-0.4, -0.2) is 47.6 Å². The average Bonchev–Trinajstić information content (AvgIpc) is 3.13. The molecule has 1 saturated heterocycles. The number of ether oxygens (including phenoxy) is 2. The van der Waals surface area contributed by atoms with E-state index in [-0.39, 0.29) is 34.2 Å². The molecule has 1 heterocycles. The summed E-state index contributed by atoms with van der Waals surface area (Å²) in [7, 11) is 3.08. The fourth-order valence-electron chi connectivity index (χ4n) is 4.20. The van der Waals surface area contributed by atoms with Crippen LogP contribution in [0.5, 0.6) is 17.2 Å². The Morgan fingerprint density at radius 3 is 2.25 bits per heavy atom. The number of aliphatic hydroxyl groups excluding tert-OH is 1. The van der Waals surface area contributed by atoms with E-state index in [1.165, 1.54) is 42.3 Å². The lowest BCUT2D eigenvalue weighted by molar-refractivity contribution is -0.139. The molecule has 1 aliphatic rings. The molecule has 0 bridgehead atoms. The molecule has 1 amide bonds. The third kappa shape index (κ3) is 4.85. The summed E-state index contributed by atoms with van der Waals surface area (Å²) in [6.45, 7) is 0.184. The zero-order valence-corrected chi connectivity index (χ0v) is 21.0. The molecule has 36 heavy (non-hydrogen) atoms. The molecule has 0 aliphatic carbocycles. The van der Waals surface area contributed by atoms with Gasteiger partial charge < -0.3 is 24.6 Å². The fraction of sp³-hybridized carbons (Fsp3) is 0.185. The molecule has 7 nitrogen and oxygen atoms in total. The Morgan fingerprint density at radius 2 is 1.61 bits per heavy atom. The fourth-order valence-corrected chi connectivity index (χ4v) is 4.50. The van der Waals surface area contributed by atoms with Crippen molar-refractivity contribution in [2.45, 2.75) is 12.5 Å². The van der Waals surface area contributed by atoms with Crippen molar-refractivity contribution in [2.24, 2.45) is 0 Å². The molecule has 4 rings (SSSR count). The molecule has 186 valence electrons. The predicted octanol–water partition coefficient (Wildman–Crippen LogP) is 5.38. The van der Waals surface area contributed by atoms with Crippen LogP contribution in [0, 0.1) is 0 Å². The Kier molecular flexibility index (Phi) is 7.43. The maximum absolute atomic E-state index is 13.2. The molecule has 0 saturated carbocycles. The lowest BCUT2D eigenvalue weighted by Crippen LogP contribution is -2.31. The maximum atomic E-state index is 13.2. The number of amides is 1. The zero-order chi connectivity index (χ0) is 26.0. The molecule has 1 unspecified atom stereocenters. The van der Waals surface area contributed by atoms with Crippen molar-refractivity contribution in [3.05, 3.63) is 93.0 Å². The Morgan fingerprint density at radius 1 is 0.917 bits per heavy atom. The van der Waals surface area contributed by atoms with Crippen LogP contribution in [0.1, 0.15) is 22.7 Å². The SMILES string of the molecule is COc1ccc(CCN2C(=O)C(=O)/C(=C(\O)c3ccc(Cl)c(Cl)c3)C2c2ccc(O)cc2)cc1OC. The van der Waals surface area contributed by atoms with E-state index in [1.807, 2.05) is 6.07 Å². The number of nitrogens with zero attached hydrogens (tertiary/aromatic N) is 1. The number of ketones is 1. The first-order valence-electron chi connectivity index (χ1n) is 11.0. The molecule has 1 fully saturated rings. The second-order valence-electron chi connectivity index (χ2n) is 8.15. The third-order valence-electron chi connectivity index (χ3n) is 6.03. The number of phenolic OH excluding ortho intramolecular Hbond substituents is 1. The minimum atomic E-state index is -0.875. The largest absolute Gasteiger partial charge is 0.508 e. The number of Topliss-reactive ketones (excluding diaryl/α,β-unsaturated/α-hetero) is 1. The number of methoxy groups -OCH3 is 2. The molecule has 2 N–H and O–H groups in total. The molecule has 0 spiro atoms. The number of rotatable bonds is 7. The highest BCUT2D eigenvalue weighted by Gasteiger charge is 2.45. The number of hydrogen-bond acceptors (Lipinski definition) is 6. The highest BCUT2D eigenvalue weighted by atomic mass is 35.5. The van der Waals surface area contributed by atoms with Crippen LogP contribution >= 0.6 is 23.2 Å². The number of hydrogen-bond donors (Lipinski definition) is 2. The Hall–Kier alpha value is -3.68. The van der Waals surface area contributed by atoms with E-state index in [0.29, 0.717) is 28.5 Å². The molecule has 0 radical (unpaired) electrons. The van der Waals surface area contributed by atoms with Gasteiger partial charge >= 0.3 is 0 Å². The van der Waals surface area contributed by atoms with Crippen molar-refractivity contribution in [1.82, 2.24) is 4.90 Å². The molecular formula is C27H23Cl2NO6. The van der Waals surface area contributed by atoms with Crippen molar-refractivity contribution in [3.8, 4) is 17.2 Å². The van der Waals surface area contributed by atoms with Gasteiger partial charge in [-0.2, -0.15) is 0 Å². The second kappa shape index (κ2) is 10.5. The van der Waals surface area contributed by atoms with Crippen molar-refractivity contribution >= 4 is 40.7 Å². The average molecular weight is 528 g/mol. The lowest BCUT2D eigenvalue weighted by Gasteiger charge is -2.25. The monoisotopic (exact) mass is 527 g/mol. The van der Waals surface area contributed by atoms with Gasteiger partial charge in [0, 0.05) is 12.1 Å². The first-order valence-corrected chi connectivity index (χ1v) is 11.7. The standard InChI is InChI=1S/C27H23Cl2NO6/c1-35-21-10-3-15(13-22(21)36-2)11-12-30-24(16-4-7-18(31)8-5-16)23(26(33)27(30)34)25(32)17-6-9-19(28)20(29)14-17/h3-10,13-14,24,31-32H,11-12H2,1-2H3/b25-23-. The number of likely N-dealkylation sites (tertiary alicyclic amines) is 1. The number of aromatic hydroxyl groups is 1. The van der Waals surface area contributed by atoms with Crippen molar-refractivity contribution in [3.63, 3.8) is 0 Å². The van der Waals surface area contributed by atoms with Crippen LogP contribution in [0.15, 0.2) is 66.2 Å². The number of carbonyl (C=O) groups is 2. The molecule has 9 heteroatoms. The first-order chi connectivity index (χ1) is 17.2. The molecule has 3 aromatic rings. The summed E-state index contributed by atoms with van der Waals surface area (Å²) in [5.74, 6) is -0.762. The van der Waals surface area contributed by atoms with Gasteiger partial charge in [-0.1, -0.05) is 41.4 Å². The van der Waals surface area contributed by atoms with E-state index in [1.54, 1.807) is 31.4 Å². The topological polar surface area (TPSA) is 96.3 Å². The van der Waals surface area contributed by atoms with Crippen LogP contribution in [0.25, 0.3) is 5.76 Å². The molecule has 1 aliphatic heterocycles. The zero-order valence-electron chi connectivity index (χ0n) is 19.5. The number of benzene rings is 3. The Balaban J connectivity index is 1.75. The van der Waals surface area contributed by atoms with E-state index < -0.39 is 17.7 Å². The van der Waals surface area contributed by atoms with Crippen molar-refractivity contribution in [2.75, 3.05) is 20.8 Å². The summed E-state index contributed by atoms with van der Waals surface area (Å²) in [6, 6.07) is 15.1. The quantitative estimate of drug-likeness (QED) is 0.243. The Bertz CT molecular complexity index is 1350. The number of halogens is 2. The van der Waals surface area contributed by atoms with Gasteiger partial charge in [0.15, 0.2) is 11.5 Å². The van der Waals surface area contributed by atoms with E-state index in [9.17, 15) is 19.8 Å². The Labute approximate surface area is 218 Å². The molecule has 0 aromatic heterocycles. The minimum absolute atomic E-state index is 0.0329. The van der Waals surface area contributed by atoms with Gasteiger partial charge in [0.25, 0.3) is 11.7 Å². The number of carbonyl (C=O) groups excluding carboxylic acids is 2. The summed E-state index contributed by atoms with van der Waals surface area (Å²) in [5.41, 5.74) is 1.60. The van der Waals surface area contributed by atoms with Crippen LogP contribution < -0.4 is 9.47 Å². The van der Waals surface area contributed by atoms with Gasteiger partial charge in [-0.25, -0.2) is 0 Å². The normalized spacial score (nSPS) is 16.9. The first kappa shape index (κ1) is 25.4. The van der Waals surface area contributed by atoms with Crippen molar-refractivity contribution in [1.29, 1.82) is 0 Å². The number of phenols is 1. The lowest BCUT2D eigenvalue weighted by atomic mass is 9.95. The van der Waals surface area contributed by atoms with E-state index >= 15 is 0 Å². The molecule has 3 aromatic carbocycles. The molecular weight excluding hydrogens is 505 g/mol. The van der Waals surface area contributed by atoms with E-state index in [4.69, 9.17) is 32.7 Å². The van der Waals surface area contributed by atoms with Gasteiger partial charge in [-0.15, -0.1) is 0 Å². The molecule has 1 atom stereocenters. The van der Waals surface area contributed by atoms with Gasteiger partial charge in [0.2, 0.25) is 0 Å². The summed E-state index contributed by atoms with van der Waals surface area (Å²) in [5, 5.41) is 21.4. The van der Waals surface area contributed by atoms with Gasteiger partial charge in [0.05, 0.1) is 35.9 Å². The van der Waals surface area contributed by atoms with Gasteiger partial charge in [0.1, 0.15) is 11.5 Å². The highest BCUT2D eigenvalue weighted by molar-refractivity contribution is 6.46. The maximum Gasteiger partial charge on any atom is 0.295 e. The second-order valence-corrected chi connectivity index (χ2v) is 8.97. The third-order valence-corrected chi connectivity index (χ3v) is 6.77. The smallest absolute Gasteiger partial charge is 0.295 e. The van der Waals surface area contributed by atoms with Crippen molar-refractivity contribution < 1.29 is 29.3 Å². The number of aliphatic hydroxyl groups is 1. The van der Waals surface area contributed by atoms with Crippen LogP contribution in [-0.2, 0) is 16.0 Å². The van der Waals surface area contributed by atoms with E-state index in [2.05, 4.69) is 0 Å². The van der Waals surface area contributed by atoms with Crippen LogP contribution in [0.2, 0.25) is 10.0 Å². The predicted molar refractivity (Wildman–Crippen MR) is 137 cm³/mol. The van der Waals surface area contributed by atoms with Gasteiger partial charge in [-0.05, 0) is 60.0 Å². The summed E-state index contributed by atoms with van der Waals surface area (Å²) in [6.07, 6.45) is 0.411. The van der Waals surface area contributed by atoms with Crippen LogP contribution in [0.3, 0.4) is 0 Å².